The summed E-state index contributed by atoms with van der Waals surface area (Å²) in [5, 5.41) is 29.0. The van der Waals surface area contributed by atoms with E-state index in [1.54, 1.807) is 12.1 Å². The monoisotopic (exact) mass is 363 g/mol. The van der Waals surface area contributed by atoms with Crippen molar-refractivity contribution in [3.8, 4) is 5.75 Å². The molecular formula is C14H14BN3O6S. The summed E-state index contributed by atoms with van der Waals surface area (Å²) in [5.41, 5.74) is 0.735. The molecule has 9 nitrogen and oxygen atoms in total. The molecule has 0 atom stereocenters. The Morgan fingerprint density at radius 2 is 2.12 bits per heavy atom. The van der Waals surface area contributed by atoms with Gasteiger partial charge in [-0.15, -0.1) is 5.10 Å². The number of carbonyl (C=O) groups is 2. The molecule has 0 aliphatic carbocycles. The minimum atomic E-state index is -1.69. The molecule has 1 saturated heterocycles. The van der Waals surface area contributed by atoms with Gasteiger partial charge in [-0.1, -0.05) is 0 Å². The van der Waals surface area contributed by atoms with Crippen LogP contribution in [0.2, 0.25) is 0 Å². The number of nitrogens with one attached hydrogen (secondary N) is 1. The zero-order valence-electron chi connectivity index (χ0n) is 13.3. The summed E-state index contributed by atoms with van der Waals surface area (Å²) < 4.78 is 9.48. The predicted octanol–water partition coefficient (Wildman–Crippen LogP) is -1.02. The second-order valence-electron chi connectivity index (χ2n) is 4.61. The molecule has 0 aromatic heterocycles. The van der Waals surface area contributed by atoms with Crippen LogP contribution in [0.15, 0.2) is 39.4 Å². The van der Waals surface area contributed by atoms with Gasteiger partial charge >= 0.3 is 13.1 Å². The number of amidine groups is 1. The number of hydrogen-bond acceptors (Lipinski definition) is 9. The fourth-order valence-corrected chi connectivity index (χ4v) is 2.56. The molecule has 11 heteroatoms. The number of thioether (sulfide) groups is 1. The number of hydrogen-bond donors (Lipinski definition) is 3. The Hall–Kier alpha value is -2.63. The summed E-state index contributed by atoms with van der Waals surface area (Å²) in [6.07, 6.45) is 2.43. The van der Waals surface area contributed by atoms with E-state index in [9.17, 15) is 19.6 Å². The van der Waals surface area contributed by atoms with Gasteiger partial charge in [0.25, 0.3) is 5.91 Å². The number of carbonyl (C=O) groups excluding carboxylic acids is 2. The Kier molecular flexibility index (Phi) is 6.34. The normalized spacial score (nSPS) is 17.2. The average Bonchev–Trinajstić information content (AvgIpc) is 2.94. The van der Waals surface area contributed by atoms with Crippen molar-refractivity contribution in [2.24, 2.45) is 10.2 Å². The van der Waals surface area contributed by atoms with Gasteiger partial charge in [-0.3, -0.25) is 10.1 Å². The fourth-order valence-electron chi connectivity index (χ4n) is 1.82. The summed E-state index contributed by atoms with van der Waals surface area (Å²) in [4.78, 5) is 22.9. The van der Waals surface area contributed by atoms with E-state index in [4.69, 9.17) is 4.74 Å². The molecule has 1 heterocycles. The van der Waals surface area contributed by atoms with E-state index in [1.165, 1.54) is 26.5 Å². The highest BCUT2D eigenvalue weighted by Crippen LogP contribution is 2.23. The lowest BCUT2D eigenvalue weighted by Crippen LogP contribution is -2.31. The standard InChI is InChI=1S/C14H14BN3O6S/c1-23-10-4-3-8(5-9(10)15(21)22)7-16-18-14-17-13(20)11(25-14)6-12(19)24-2/h3-7,21-22H,1-2H3,(H,17,18,20)/b11-6+,16-7?. The Labute approximate surface area is 147 Å². The van der Waals surface area contributed by atoms with Crippen molar-refractivity contribution in [3.63, 3.8) is 0 Å². The molecule has 1 aromatic carbocycles. The number of benzene rings is 1. The van der Waals surface area contributed by atoms with Crippen LogP contribution in [0, 0.1) is 0 Å². The quantitative estimate of drug-likeness (QED) is 0.201. The average molecular weight is 363 g/mol. The molecule has 1 aromatic rings. The Balaban J connectivity index is 2.12. The van der Waals surface area contributed by atoms with Crippen LogP contribution in [0.1, 0.15) is 5.56 Å². The van der Waals surface area contributed by atoms with Crippen LogP contribution in [0.4, 0.5) is 0 Å². The molecule has 0 unspecified atom stereocenters. The number of amides is 1. The van der Waals surface area contributed by atoms with Crippen LogP contribution in [0.3, 0.4) is 0 Å². The van der Waals surface area contributed by atoms with Crippen molar-refractivity contribution in [1.29, 1.82) is 0 Å². The summed E-state index contributed by atoms with van der Waals surface area (Å²) in [7, 11) is 0.938. The van der Waals surface area contributed by atoms with E-state index in [0.717, 1.165) is 17.8 Å². The molecule has 1 amide bonds. The Bertz CT molecular complexity index is 778. The highest BCUT2D eigenvalue weighted by Gasteiger charge is 2.25. The van der Waals surface area contributed by atoms with Crippen LogP contribution in [-0.4, -0.2) is 54.6 Å². The maximum Gasteiger partial charge on any atom is 0.492 e. The third-order valence-corrected chi connectivity index (χ3v) is 3.89. The number of rotatable bonds is 5. The van der Waals surface area contributed by atoms with Crippen molar-refractivity contribution in [1.82, 2.24) is 5.32 Å². The van der Waals surface area contributed by atoms with Gasteiger partial charge in [0.15, 0.2) is 5.17 Å². The molecule has 2 rings (SSSR count). The largest absolute Gasteiger partial charge is 0.497 e. The SMILES string of the molecule is COC(=O)/C=C1/S/C(=N\N=Cc2ccc(OC)c(B(O)O)c2)NC1=O. The minimum Gasteiger partial charge on any atom is -0.497 e. The van der Waals surface area contributed by atoms with Gasteiger partial charge in [-0.05, 0) is 35.5 Å². The lowest BCUT2D eigenvalue weighted by molar-refractivity contribution is -0.135. The van der Waals surface area contributed by atoms with Gasteiger partial charge in [0.1, 0.15) is 5.75 Å². The topological polar surface area (TPSA) is 130 Å². The number of ether oxygens (including phenoxy) is 2. The number of esters is 1. The molecule has 130 valence electrons. The van der Waals surface area contributed by atoms with Crippen LogP contribution in [0.5, 0.6) is 5.75 Å². The lowest BCUT2D eigenvalue weighted by atomic mass is 9.79. The van der Waals surface area contributed by atoms with E-state index < -0.39 is 19.0 Å². The maximum atomic E-state index is 11.6. The molecule has 1 fully saturated rings. The van der Waals surface area contributed by atoms with Crippen molar-refractivity contribution in [2.45, 2.75) is 0 Å². The van der Waals surface area contributed by atoms with Gasteiger partial charge in [0, 0.05) is 11.5 Å². The van der Waals surface area contributed by atoms with Crippen LogP contribution in [0.25, 0.3) is 0 Å². The van der Waals surface area contributed by atoms with Gasteiger partial charge in [0.2, 0.25) is 0 Å². The van der Waals surface area contributed by atoms with Crippen molar-refractivity contribution >= 4 is 47.6 Å². The van der Waals surface area contributed by atoms with Gasteiger partial charge < -0.3 is 19.5 Å². The van der Waals surface area contributed by atoms with Crippen LogP contribution >= 0.6 is 11.8 Å². The predicted molar refractivity (Wildman–Crippen MR) is 93.7 cm³/mol. The van der Waals surface area contributed by atoms with Crippen LogP contribution in [-0.2, 0) is 14.3 Å². The smallest absolute Gasteiger partial charge is 0.492 e. The van der Waals surface area contributed by atoms with Gasteiger partial charge in [0.05, 0.1) is 25.3 Å². The third-order valence-electron chi connectivity index (χ3n) is 2.99. The molecule has 3 N–H and O–H groups in total. The number of methoxy groups -OCH3 is 2. The van der Waals surface area contributed by atoms with Crippen molar-refractivity contribution < 1.29 is 29.1 Å². The minimum absolute atomic E-state index is 0.149. The Morgan fingerprint density at radius 3 is 2.76 bits per heavy atom. The molecule has 1 aliphatic heterocycles. The summed E-state index contributed by atoms with van der Waals surface area (Å²) in [6.45, 7) is 0. The zero-order valence-corrected chi connectivity index (χ0v) is 14.1. The molecule has 0 spiro atoms. The van der Waals surface area contributed by atoms with Crippen molar-refractivity contribution in [2.75, 3.05) is 14.2 Å². The third kappa shape index (κ3) is 4.92. The van der Waals surface area contributed by atoms with E-state index in [-0.39, 0.29) is 15.5 Å². The summed E-state index contributed by atoms with van der Waals surface area (Å²) in [6, 6.07) is 4.69. The lowest BCUT2D eigenvalue weighted by Gasteiger charge is -2.07. The highest BCUT2D eigenvalue weighted by molar-refractivity contribution is 8.18. The summed E-state index contributed by atoms with van der Waals surface area (Å²) in [5.74, 6) is -0.787. The van der Waals surface area contributed by atoms with Crippen LogP contribution < -0.4 is 15.5 Å². The first-order chi connectivity index (χ1) is 11.9. The van der Waals surface area contributed by atoms with E-state index >= 15 is 0 Å². The second-order valence-corrected chi connectivity index (χ2v) is 5.64. The molecular weight excluding hydrogens is 349 g/mol. The first-order valence-corrected chi connectivity index (χ1v) is 7.70. The van der Waals surface area contributed by atoms with E-state index in [0.29, 0.717) is 11.3 Å². The second kappa shape index (κ2) is 8.47. The van der Waals surface area contributed by atoms with E-state index in [1.807, 2.05) is 0 Å². The van der Waals surface area contributed by atoms with Gasteiger partial charge in [-0.25, -0.2) is 4.79 Å². The van der Waals surface area contributed by atoms with E-state index in [2.05, 4.69) is 20.3 Å². The van der Waals surface area contributed by atoms with Crippen molar-refractivity contribution in [3.05, 3.63) is 34.7 Å². The molecule has 1 aliphatic rings. The maximum absolute atomic E-state index is 11.6. The first kappa shape index (κ1) is 18.7. The summed E-state index contributed by atoms with van der Waals surface area (Å²) >= 11 is 0.948. The first-order valence-electron chi connectivity index (χ1n) is 6.88. The highest BCUT2D eigenvalue weighted by atomic mass is 32.2. The fraction of sp³-hybridized carbons (Fsp3) is 0.143. The molecule has 25 heavy (non-hydrogen) atoms. The number of nitrogens with zero attached hydrogens (tertiary/aromatic N) is 2. The molecule has 0 saturated carbocycles. The van der Waals surface area contributed by atoms with Gasteiger partial charge in [-0.2, -0.15) is 5.10 Å². The Morgan fingerprint density at radius 1 is 1.36 bits per heavy atom. The zero-order chi connectivity index (χ0) is 18.4. The molecule has 0 bridgehead atoms. The molecule has 0 radical (unpaired) electrons.